The molecule has 0 unspecified atom stereocenters. The second-order valence-electron chi connectivity index (χ2n) is 5.46. The summed E-state index contributed by atoms with van der Waals surface area (Å²) >= 11 is 3.00. The molecular weight excluding hydrogens is 372 g/mol. The van der Waals surface area contributed by atoms with E-state index in [1.54, 1.807) is 6.21 Å². The first-order valence-electron chi connectivity index (χ1n) is 7.63. The topological polar surface area (TPSA) is 87.8 Å². The predicted molar refractivity (Wildman–Crippen MR) is 102 cm³/mol. The van der Waals surface area contributed by atoms with Gasteiger partial charge in [-0.1, -0.05) is 12.1 Å². The molecule has 0 aliphatic carbocycles. The number of nitrogens with one attached hydrogen (secondary N) is 1. The largest absolute Gasteiger partial charge is 0.358 e. The minimum Gasteiger partial charge on any atom is -0.358 e. The highest BCUT2D eigenvalue weighted by Gasteiger charge is 2.34. The van der Waals surface area contributed by atoms with Crippen LogP contribution in [0, 0.1) is 10.1 Å². The lowest BCUT2D eigenvalue weighted by Crippen LogP contribution is -2.39. The van der Waals surface area contributed by atoms with Crippen molar-refractivity contribution in [2.75, 3.05) is 5.32 Å². The number of hydrogen-bond donors (Lipinski definition) is 1. The van der Waals surface area contributed by atoms with Gasteiger partial charge in [0, 0.05) is 21.9 Å². The number of carbonyl (C=O) groups is 1. The van der Waals surface area contributed by atoms with Crippen LogP contribution in [0.1, 0.15) is 26.3 Å². The van der Waals surface area contributed by atoms with Gasteiger partial charge in [0.15, 0.2) is 6.17 Å². The number of benzene rings is 1. The molecule has 3 heterocycles. The standard InChI is InChI=1S/C17H12N4O3S2/c22-17-13-6-5-11(21(23)24)9-14(13)19-16(15-4-2-8-26-15)20(17)18-10-12-3-1-7-25-12/h1-10,16,19H/b18-10-/t16-/m0/s1. The minimum atomic E-state index is -0.520. The van der Waals surface area contributed by atoms with Gasteiger partial charge in [0.2, 0.25) is 0 Å². The number of nitrogens with zero attached hydrogens (tertiary/aromatic N) is 3. The molecule has 0 saturated heterocycles. The molecule has 1 atom stereocenters. The van der Waals surface area contributed by atoms with E-state index in [2.05, 4.69) is 10.4 Å². The molecule has 2 aromatic heterocycles. The Balaban J connectivity index is 1.76. The van der Waals surface area contributed by atoms with Crippen LogP contribution in [0.2, 0.25) is 0 Å². The molecule has 0 saturated carbocycles. The van der Waals surface area contributed by atoms with Gasteiger partial charge in [-0.15, -0.1) is 22.7 Å². The molecule has 3 aromatic rings. The lowest BCUT2D eigenvalue weighted by Gasteiger charge is -2.33. The van der Waals surface area contributed by atoms with Crippen LogP contribution in [-0.4, -0.2) is 22.1 Å². The molecule has 130 valence electrons. The summed E-state index contributed by atoms with van der Waals surface area (Å²) in [6.07, 6.45) is 1.12. The summed E-state index contributed by atoms with van der Waals surface area (Å²) < 4.78 is 0. The molecule has 1 aliphatic heterocycles. The van der Waals surface area contributed by atoms with E-state index < -0.39 is 11.1 Å². The van der Waals surface area contributed by atoms with Crippen LogP contribution < -0.4 is 5.32 Å². The first kappa shape index (κ1) is 16.4. The Morgan fingerprint density at radius 3 is 2.69 bits per heavy atom. The van der Waals surface area contributed by atoms with E-state index in [4.69, 9.17) is 0 Å². The number of nitro groups is 1. The summed E-state index contributed by atoms with van der Waals surface area (Å²) in [5.41, 5.74) is 0.724. The van der Waals surface area contributed by atoms with Gasteiger partial charge in [-0.3, -0.25) is 14.9 Å². The zero-order valence-electron chi connectivity index (χ0n) is 13.2. The Labute approximate surface area is 156 Å². The van der Waals surface area contributed by atoms with Crippen molar-refractivity contribution in [3.05, 3.63) is 78.7 Å². The van der Waals surface area contributed by atoms with Crippen molar-refractivity contribution in [1.82, 2.24) is 5.01 Å². The van der Waals surface area contributed by atoms with Crippen LogP contribution in [0.15, 0.2) is 58.3 Å². The van der Waals surface area contributed by atoms with Crippen LogP contribution >= 0.6 is 22.7 Å². The van der Waals surface area contributed by atoms with E-state index in [0.29, 0.717) is 11.3 Å². The number of thiophene rings is 2. The summed E-state index contributed by atoms with van der Waals surface area (Å²) in [5.74, 6) is -0.306. The molecule has 1 aliphatic rings. The lowest BCUT2D eigenvalue weighted by atomic mass is 10.1. The number of anilines is 1. The Bertz CT molecular complexity index is 984. The average Bonchev–Trinajstić information content (AvgIpc) is 3.34. The van der Waals surface area contributed by atoms with Crippen LogP contribution in [0.5, 0.6) is 0 Å². The zero-order chi connectivity index (χ0) is 18.1. The maximum atomic E-state index is 13.0. The number of hydrazone groups is 1. The van der Waals surface area contributed by atoms with Crippen molar-refractivity contribution in [2.45, 2.75) is 6.17 Å². The number of carbonyl (C=O) groups excluding carboxylic acids is 1. The van der Waals surface area contributed by atoms with Gasteiger partial charge in [0.05, 0.1) is 22.4 Å². The van der Waals surface area contributed by atoms with Crippen LogP contribution in [-0.2, 0) is 0 Å². The number of non-ortho nitro benzene ring substituents is 1. The first-order chi connectivity index (χ1) is 12.6. The average molecular weight is 384 g/mol. The number of amides is 1. The van der Waals surface area contributed by atoms with Gasteiger partial charge in [0.1, 0.15) is 0 Å². The van der Waals surface area contributed by atoms with Gasteiger partial charge in [-0.25, -0.2) is 5.01 Å². The zero-order valence-corrected chi connectivity index (χ0v) is 14.9. The van der Waals surface area contributed by atoms with Crippen molar-refractivity contribution < 1.29 is 9.72 Å². The van der Waals surface area contributed by atoms with Crippen LogP contribution in [0.25, 0.3) is 0 Å². The Morgan fingerprint density at radius 2 is 2.00 bits per heavy atom. The Morgan fingerprint density at radius 1 is 1.19 bits per heavy atom. The molecule has 0 spiro atoms. The highest BCUT2D eigenvalue weighted by atomic mass is 32.1. The second kappa shape index (κ2) is 6.70. The molecule has 7 nitrogen and oxygen atoms in total. The first-order valence-corrected chi connectivity index (χ1v) is 9.39. The Kier molecular flexibility index (Phi) is 4.23. The molecule has 0 bridgehead atoms. The van der Waals surface area contributed by atoms with Gasteiger partial charge in [0.25, 0.3) is 11.6 Å². The molecule has 1 N–H and O–H groups in total. The smallest absolute Gasteiger partial charge is 0.278 e. The maximum Gasteiger partial charge on any atom is 0.278 e. The quantitative estimate of drug-likeness (QED) is 0.412. The SMILES string of the molecule is O=C1c2ccc([N+](=O)[O-])cc2N[C@H](c2cccs2)N1/N=C\c1cccs1. The molecular formula is C17H12N4O3S2. The normalized spacial score (nSPS) is 16.5. The molecule has 9 heteroatoms. The third kappa shape index (κ3) is 2.98. The molecule has 26 heavy (non-hydrogen) atoms. The van der Waals surface area contributed by atoms with Gasteiger partial charge in [-0.05, 0) is 29.0 Å². The highest BCUT2D eigenvalue weighted by molar-refractivity contribution is 7.11. The molecule has 1 aromatic carbocycles. The number of nitro benzene ring substituents is 1. The van der Waals surface area contributed by atoms with E-state index in [0.717, 1.165) is 9.75 Å². The van der Waals surface area contributed by atoms with Crippen LogP contribution in [0.4, 0.5) is 11.4 Å². The predicted octanol–water partition coefficient (Wildman–Crippen LogP) is 4.32. The fourth-order valence-corrected chi connectivity index (χ4v) is 3.98. The fourth-order valence-electron chi connectivity index (χ4n) is 2.64. The number of rotatable bonds is 4. The summed E-state index contributed by atoms with van der Waals surface area (Å²) in [5, 5.41) is 23.8. The molecule has 0 fully saturated rings. The minimum absolute atomic E-state index is 0.0653. The van der Waals surface area contributed by atoms with E-state index in [9.17, 15) is 14.9 Å². The van der Waals surface area contributed by atoms with Crippen molar-refractivity contribution >= 4 is 46.2 Å². The van der Waals surface area contributed by atoms with Crippen molar-refractivity contribution in [3.8, 4) is 0 Å². The molecule has 1 amide bonds. The number of fused-ring (bicyclic) bond motifs is 1. The second-order valence-corrected chi connectivity index (χ2v) is 7.42. The lowest BCUT2D eigenvalue weighted by molar-refractivity contribution is -0.384. The van der Waals surface area contributed by atoms with Gasteiger partial charge >= 0.3 is 0 Å². The summed E-state index contributed by atoms with van der Waals surface area (Å²) in [6.45, 7) is 0. The fraction of sp³-hybridized carbons (Fsp3) is 0.0588. The van der Waals surface area contributed by atoms with E-state index in [1.165, 1.54) is 45.9 Å². The van der Waals surface area contributed by atoms with Gasteiger partial charge in [-0.2, -0.15) is 5.10 Å². The Hall–Kier alpha value is -3.04. The highest BCUT2D eigenvalue weighted by Crippen LogP contribution is 2.36. The monoisotopic (exact) mass is 384 g/mol. The molecule has 4 rings (SSSR count). The van der Waals surface area contributed by atoms with Crippen molar-refractivity contribution in [2.24, 2.45) is 5.10 Å². The summed E-state index contributed by atoms with van der Waals surface area (Å²) in [7, 11) is 0. The summed E-state index contributed by atoms with van der Waals surface area (Å²) in [6, 6.07) is 11.8. The molecule has 0 radical (unpaired) electrons. The van der Waals surface area contributed by atoms with E-state index in [-0.39, 0.29) is 11.6 Å². The third-order valence-electron chi connectivity index (χ3n) is 3.85. The maximum absolute atomic E-state index is 13.0. The summed E-state index contributed by atoms with van der Waals surface area (Å²) in [4.78, 5) is 25.3. The third-order valence-corrected chi connectivity index (χ3v) is 5.59. The number of hydrogen-bond acceptors (Lipinski definition) is 7. The van der Waals surface area contributed by atoms with Crippen molar-refractivity contribution in [3.63, 3.8) is 0 Å². The van der Waals surface area contributed by atoms with E-state index >= 15 is 0 Å². The van der Waals surface area contributed by atoms with Crippen molar-refractivity contribution in [1.29, 1.82) is 0 Å². The van der Waals surface area contributed by atoms with Gasteiger partial charge < -0.3 is 5.32 Å². The van der Waals surface area contributed by atoms with Crippen LogP contribution in [0.3, 0.4) is 0 Å². The van der Waals surface area contributed by atoms with E-state index in [1.807, 2.05) is 35.0 Å².